The lowest BCUT2D eigenvalue weighted by Crippen LogP contribution is -2.52. The Hall–Kier alpha value is -2.83. The molecular formula is C19H25N5O2. The van der Waals surface area contributed by atoms with Crippen LogP contribution < -0.4 is 15.0 Å². The molecule has 1 aromatic carbocycles. The van der Waals surface area contributed by atoms with E-state index in [1.54, 1.807) is 23.4 Å². The van der Waals surface area contributed by atoms with Gasteiger partial charge >= 0.3 is 6.03 Å². The average molecular weight is 355 g/mol. The van der Waals surface area contributed by atoms with Crippen LogP contribution in [0, 0.1) is 0 Å². The van der Waals surface area contributed by atoms with Gasteiger partial charge in [0, 0.05) is 38.6 Å². The molecule has 1 saturated heterocycles. The Balaban J connectivity index is 1.39. The zero-order valence-electron chi connectivity index (χ0n) is 15.1. The second-order valence-electron chi connectivity index (χ2n) is 6.19. The smallest absolute Gasteiger partial charge is 0.320 e. The Kier molecular flexibility index (Phi) is 6.24. The molecule has 0 bridgehead atoms. The van der Waals surface area contributed by atoms with Gasteiger partial charge in [-0.15, -0.1) is 0 Å². The minimum Gasteiger partial charge on any atom is -0.473 e. The lowest BCUT2D eigenvalue weighted by molar-refractivity contribution is 0.181. The van der Waals surface area contributed by atoms with Crippen molar-refractivity contribution in [3.63, 3.8) is 0 Å². The van der Waals surface area contributed by atoms with Crippen molar-refractivity contribution in [3.8, 4) is 5.75 Å². The number of ether oxygens (including phenoxy) is 1. The van der Waals surface area contributed by atoms with Gasteiger partial charge in [-0.2, -0.15) is 0 Å². The maximum absolute atomic E-state index is 12.3. The van der Waals surface area contributed by atoms with Crippen LogP contribution in [0.4, 0.5) is 10.7 Å². The number of hydrogen-bond donors (Lipinski definition) is 1. The highest BCUT2D eigenvalue weighted by molar-refractivity contribution is 5.74. The van der Waals surface area contributed by atoms with E-state index in [0.29, 0.717) is 19.0 Å². The van der Waals surface area contributed by atoms with E-state index in [4.69, 9.17) is 4.74 Å². The maximum atomic E-state index is 12.3. The van der Waals surface area contributed by atoms with Gasteiger partial charge in [-0.1, -0.05) is 25.5 Å². The van der Waals surface area contributed by atoms with Crippen LogP contribution in [0.3, 0.4) is 0 Å². The number of nitrogens with one attached hydrogen (secondary N) is 1. The van der Waals surface area contributed by atoms with Crippen LogP contribution in [0.25, 0.3) is 0 Å². The van der Waals surface area contributed by atoms with E-state index in [9.17, 15) is 4.79 Å². The number of rotatable bonds is 6. The van der Waals surface area contributed by atoms with Crippen molar-refractivity contribution >= 4 is 12.0 Å². The number of urea groups is 1. The van der Waals surface area contributed by atoms with E-state index in [1.165, 1.54) is 5.56 Å². The number of carbonyl (C=O) groups is 1. The number of hydrogen-bond acceptors (Lipinski definition) is 5. The molecule has 1 aromatic heterocycles. The molecule has 2 aromatic rings. The van der Waals surface area contributed by atoms with Gasteiger partial charge in [-0.3, -0.25) is 0 Å². The summed E-state index contributed by atoms with van der Waals surface area (Å²) in [5.74, 6) is 1.47. The first-order chi connectivity index (χ1) is 12.8. The molecule has 26 heavy (non-hydrogen) atoms. The van der Waals surface area contributed by atoms with Gasteiger partial charge in [0.25, 0.3) is 0 Å². The van der Waals surface area contributed by atoms with E-state index < -0.39 is 0 Å². The molecule has 1 fully saturated rings. The summed E-state index contributed by atoms with van der Waals surface area (Å²) < 4.78 is 5.60. The molecule has 0 unspecified atom stereocenters. The van der Waals surface area contributed by atoms with Crippen LogP contribution >= 0.6 is 0 Å². The standard InChI is InChI=1S/C19H25N5O2/c1-2-4-16-5-7-17(8-6-16)26-15-22-19(25)24-13-11-23(12-14-24)18-20-9-3-10-21-18/h3,5-10H,2,4,11-15H2,1H3,(H,22,25). The van der Waals surface area contributed by atoms with Crippen LogP contribution in [0.5, 0.6) is 5.75 Å². The van der Waals surface area contributed by atoms with Crippen LogP contribution in [0.1, 0.15) is 18.9 Å². The van der Waals surface area contributed by atoms with Gasteiger partial charge in [0.1, 0.15) is 5.75 Å². The molecule has 1 aliphatic rings. The van der Waals surface area contributed by atoms with Gasteiger partial charge in [-0.25, -0.2) is 14.8 Å². The van der Waals surface area contributed by atoms with E-state index in [-0.39, 0.29) is 12.8 Å². The number of amides is 2. The quantitative estimate of drug-likeness (QED) is 0.805. The maximum Gasteiger partial charge on any atom is 0.320 e. The number of aryl methyl sites for hydroxylation is 1. The van der Waals surface area contributed by atoms with Gasteiger partial charge in [0.05, 0.1) is 0 Å². The lowest BCUT2D eigenvalue weighted by Gasteiger charge is -2.34. The summed E-state index contributed by atoms with van der Waals surface area (Å²) in [5, 5.41) is 2.81. The molecular weight excluding hydrogens is 330 g/mol. The molecule has 2 amide bonds. The Morgan fingerprint density at radius 3 is 2.46 bits per heavy atom. The second kappa shape index (κ2) is 9.03. The third-order valence-corrected chi connectivity index (χ3v) is 4.33. The fourth-order valence-electron chi connectivity index (χ4n) is 2.90. The Bertz CT molecular complexity index is 685. The summed E-state index contributed by atoms with van der Waals surface area (Å²) in [6.07, 6.45) is 5.65. The normalized spacial score (nSPS) is 14.2. The van der Waals surface area contributed by atoms with Crippen molar-refractivity contribution in [2.45, 2.75) is 19.8 Å². The molecule has 138 valence electrons. The SMILES string of the molecule is CCCc1ccc(OCNC(=O)N2CCN(c3ncccn3)CC2)cc1. The van der Waals surface area contributed by atoms with Crippen LogP contribution in [0.2, 0.25) is 0 Å². The number of piperazine rings is 1. The number of carbonyl (C=O) groups excluding carboxylic acids is 1. The summed E-state index contributed by atoms with van der Waals surface area (Å²) >= 11 is 0. The largest absolute Gasteiger partial charge is 0.473 e. The number of benzene rings is 1. The molecule has 0 saturated carbocycles. The van der Waals surface area contributed by atoms with Crippen LogP contribution in [-0.2, 0) is 6.42 Å². The van der Waals surface area contributed by atoms with Gasteiger partial charge in [0.15, 0.2) is 6.73 Å². The first-order valence-corrected chi connectivity index (χ1v) is 9.02. The summed E-state index contributed by atoms with van der Waals surface area (Å²) in [4.78, 5) is 24.6. The Morgan fingerprint density at radius 1 is 1.12 bits per heavy atom. The monoisotopic (exact) mass is 355 g/mol. The molecule has 0 radical (unpaired) electrons. The summed E-state index contributed by atoms with van der Waals surface area (Å²) in [6, 6.07) is 9.69. The molecule has 7 heteroatoms. The number of aromatic nitrogens is 2. The van der Waals surface area contributed by atoms with Crippen molar-refractivity contribution in [1.82, 2.24) is 20.2 Å². The van der Waals surface area contributed by atoms with Crippen molar-refractivity contribution < 1.29 is 9.53 Å². The highest BCUT2D eigenvalue weighted by atomic mass is 16.5. The van der Waals surface area contributed by atoms with E-state index in [2.05, 4.69) is 39.2 Å². The van der Waals surface area contributed by atoms with Crippen molar-refractivity contribution in [2.75, 3.05) is 37.8 Å². The summed E-state index contributed by atoms with van der Waals surface area (Å²) in [6.45, 7) is 5.03. The van der Waals surface area contributed by atoms with Crippen LogP contribution in [0.15, 0.2) is 42.7 Å². The van der Waals surface area contributed by atoms with E-state index in [1.807, 2.05) is 12.1 Å². The third-order valence-electron chi connectivity index (χ3n) is 4.33. The van der Waals surface area contributed by atoms with Gasteiger partial charge in [0.2, 0.25) is 5.95 Å². The number of anilines is 1. The molecule has 0 atom stereocenters. The predicted molar refractivity (Wildman–Crippen MR) is 100 cm³/mol. The first kappa shape index (κ1) is 18.0. The van der Waals surface area contributed by atoms with Crippen LogP contribution in [-0.4, -0.2) is 53.8 Å². The van der Waals surface area contributed by atoms with Crippen molar-refractivity contribution in [3.05, 3.63) is 48.3 Å². The predicted octanol–water partition coefficient (Wildman–Crippen LogP) is 2.30. The fourth-order valence-corrected chi connectivity index (χ4v) is 2.90. The van der Waals surface area contributed by atoms with Gasteiger partial charge in [-0.05, 0) is 30.2 Å². The average Bonchev–Trinajstić information content (AvgIpc) is 2.70. The minimum absolute atomic E-state index is 0.110. The Labute approximate surface area is 154 Å². The van der Waals surface area contributed by atoms with Crippen molar-refractivity contribution in [1.29, 1.82) is 0 Å². The highest BCUT2D eigenvalue weighted by Gasteiger charge is 2.22. The number of nitrogens with zero attached hydrogens (tertiary/aromatic N) is 4. The molecule has 1 aliphatic heterocycles. The lowest BCUT2D eigenvalue weighted by atomic mass is 10.1. The summed E-state index contributed by atoms with van der Waals surface area (Å²) in [5.41, 5.74) is 1.30. The molecule has 0 spiro atoms. The molecule has 0 aliphatic carbocycles. The fraction of sp³-hybridized carbons (Fsp3) is 0.421. The topological polar surface area (TPSA) is 70.6 Å². The summed E-state index contributed by atoms with van der Waals surface area (Å²) in [7, 11) is 0. The zero-order chi connectivity index (χ0) is 18.2. The Morgan fingerprint density at radius 2 is 1.81 bits per heavy atom. The first-order valence-electron chi connectivity index (χ1n) is 9.02. The highest BCUT2D eigenvalue weighted by Crippen LogP contribution is 2.13. The third kappa shape index (κ3) is 4.84. The molecule has 3 rings (SSSR count). The molecule has 7 nitrogen and oxygen atoms in total. The second-order valence-corrected chi connectivity index (χ2v) is 6.19. The van der Waals surface area contributed by atoms with E-state index >= 15 is 0 Å². The minimum atomic E-state index is -0.110. The zero-order valence-corrected chi connectivity index (χ0v) is 15.1. The van der Waals surface area contributed by atoms with E-state index in [0.717, 1.165) is 31.7 Å². The van der Waals surface area contributed by atoms with Crippen molar-refractivity contribution in [2.24, 2.45) is 0 Å². The molecule has 1 N–H and O–H groups in total. The van der Waals surface area contributed by atoms with Gasteiger partial charge < -0.3 is 19.9 Å². The molecule has 2 heterocycles.